The van der Waals surface area contributed by atoms with E-state index in [0.717, 1.165) is 6.42 Å². The molecule has 0 radical (unpaired) electrons. The number of carbonyl (C=O) groups excluding carboxylic acids is 1. The van der Waals surface area contributed by atoms with Gasteiger partial charge in [0, 0.05) is 22.8 Å². The topological polar surface area (TPSA) is 72.5 Å². The molecule has 0 unspecified atom stereocenters. The number of halogens is 1. The van der Waals surface area contributed by atoms with E-state index in [2.05, 4.69) is 11.9 Å². The maximum atomic E-state index is 12.0. The Hall–Kier alpha value is -1.37. The predicted molar refractivity (Wildman–Crippen MR) is 82.2 cm³/mol. The van der Waals surface area contributed by atoms with Crippen molar-refractivity contribution in [3.63, 3.8) is 0 Å². The van der Waals surface area contributed by atoms with Crippen LogP contribution in [0.5, 0.6) is 0 Å². The Bertz CT molecular complexity index is 613. The zero-order chi connectivity index (χ0) is 15.9. The van der Waals surface area contributed by atoms with Crippen LogP contribution >= 0.6 is 10.7 Å². The van der Waals surface area contributed by atoms with Crippen LogP contribution in [-0.2, 0) is 13.8 Å². The molecule has 0 aliphatic rings. The highest BCUT2D eigenvalue weighted by Gasteiger charge is 2.14. The highest BCUT2D eigenvalue weighted by atomic mass is 35.7. The molecule has 0 aliphatic heterocycles. The van der Waals surface area contributed by atoms with Crippen molar-refractivity contribution in [3.05, 3.63) is 42.0 Å². The number of aryl methyl sites for hydroxylation is 1. The van der Waals surface area contributed by atoms with Gasteiger partial charge in [0.05, 0.1) is 18.1 Å². The summed E-state index contributed by atoms with van der Waals surface area (Å²) >= 11 is 0. The first-order chi connectivity index (χ1) is 9.86. The second kappa shape index (κ2) is 8.17. The molecule has 0 bridgehead atoms. The number of hydrogen-bond acceptors (Lipinski definition) is 4. The van der Waals surface area contributed by atoms with Gasteiger partial charge in [-0.25, -0.2) is 8.42 Å². The van der Waals surface area contributed by atoms with Crippen molar-refractivity contribution in [2.24, 2.45) is 0 Å². The number of amides is 1. The summed E-state index contributed by atoms with van der Waals surface area (Å²) in [6.45, 7) is 6.59. The van der Waals surface area contributed by atoms with Crippen molar-refractivity contribution in [1.82, 2.24) is 5.32 Å². The molecule has 0 aliphatic carbocycles. The summed E-state index contributed by atoms with van der Waals surface area (Å²) in [6, 6.07) is 4.13. The summed E-state index contributed by atoms with van der Waals surface area (Å²) in [5.41, 5.74) is 0.951. The summed E-state index contributed by atoms with van der Waals surface area (Å²) in [5, 5.41) is 2.70. The van der Waals surface area contributed by atoms with Gasteiger partial charge in [-0.1, -0.05) is 6.08 Å². The van der Waals surface area contributed by atoms with E-state index in [9.17, 15) is 13.2 Å². The molecule has 21 heavy (non-hydrogen) atoms. The minimum atomic E-state index is -3.79. The average Bonchev–Trinajstić information content (AvgIpc) is 2.41. The number of rotatable bonds is 8. The standard InChI is InChI=1S/C14H18ClNO4S/c1-3-4-8-20-9-7-16-14(17)13-6-5-12(10-11(13)2)21(15,18)19/h3,5-6,10H,1,4,7-9H2,2H3,(H,16,17). The summed E-state index contributed by atoms with van der Waals surface area (Å²) in [7, 11) is 1.47. The molecule has 1 N–H and O–H groups in total. The Morgan fingerprint density at radius 3 is 2.71 bits per heavy atom. The SMILES string of the molecule is C=CCCOCCNC(=O)c1ccc(S(=O)(=O)Cl)cc1C. The second-order valence-corrected chi connectivity index (χ2v) is 6.93. The summed E-state index contributed by atoms with van der Waals surface area (Å²) in [4.78, 5) is 11.9. The molecule has 0 saturated carbocycles. The fourth-order valence-electron chi connectivity index (χ4n) is 1.64. The third-order valence-corrected chi connectivity index (χ3v) is 4.07. The molecule has 0 fully saturated rings. The molecule has 0 atom stereocenters. The zero-order valence-corrected chi connectivity index (χ0v) is 13.3. The van der Waals surface area contributed by atoms with E-state index < -0.39 is 9.05 Å². The smallest absolute Gasteiger partial charge is 0.261 e. The first kappa shape index (κ1) is 17.7. The Morgan fingerprint density at radius 2 is 2.14 bits per heavy atom. The lowest BCUT2D eigenvalue weighted by Crippen LogP contribution is -2.28. The summed E-state index contributed by atoms with van der Waals surface area (Å²) in [6.07, 6.45) is 2.52. The third-order valence-electron chi connectivity index (χ3n) is 2.72. The molecular weight excluding hydrogens is 314 g/mol. The fraction of sp³-hybridized carbons (Fsp3) is 0.357. The van der Waals surface area contributed by atoms with Gasteiger partial charge in [-0.15, -0.1) is 6.58 Å². The van der Waals surface area contributed by atoms with Crippen LogP contribution in [0.4, 0.5) is 0 Å². The van der Waals surface area contributed by atoms with E-state index >= 15 is 0 Å². The number of carbonyl (C=O) groups is 1. The van der Waals surface area contributed by atoms with Crippen molar-refractivity contribution < 1.29 is 17.9 Å². The second-order valence-electron chi connectivity index (χ2n) is 4.36. The van der Waals surface area contributed by atoms with Crippen molar-refractivity contribution in [2.45, 2.75) is 18.2 Å². The number of ether oxygens (including phenoxy) is 1. The predicted octanol–water partition coefficient (Wildman–Crippen LogP) is 2.25. The van der Waals surface area contributed by atoms with E-state index in [1.807, 2.05) is 0 Å². The van der Waals surface area contributed by atoms with Crippen LogP contribution in [0.25, 0.3) is 0 Å². The maximum absolute atomic E-state index is 12.0. The lowest BCUT2D eigenvalue weighted by Gasteiger charge is -2.09. The highest BCUT2D eigenvalue weighted by Crippen LogP contribution is 2.18. The van der Waals surface area contributed by atoms with Gasteiger partial charge < -0.3 is 10.1 Å². The molecule has 0 saturated heterocycles. The van der Waals surface area contributed by atoms with Crippen LogP contribution in [0, 0.1) is 6.92 Å². The lowest BCUT2D eigenvalue weighted by molar-refractivity contribution is 0.0917. The van der Waals surface area contributed by atoms with E-state index in [0.29, 0.717) is 30.9 Å². The zero-order valence-electron chi connectivity index (χ0n) is 11.8. The van der Waals surface area contributed by atoms with Gasteiger partial charge in [0.2, 0.25) is 0 Å². The highest BCUT2D eigenvalue weighted by molar-refractivity contribution is 8.13. The maximum Gasteiger partial charge on any atom is 0.261 e. The average molecular weight is 332 g/mol. The van der Waals surface area contributed by atoms with Crippen LogP contribution in [0.3, 0.4) is 0 Å². The van der Waals surface area contributed by atoms with Crippen LogP contribution in [0.1, 0.15) is 22.3 Å². The van der Waals surface area contributed by atoms with Gasteiger partial charge in [0.25, 0.3) is 15.0 Å². The van der Waals surface area contributed by atoms with E-state index in [1.54, 1.807) is 13.0 Å². The molecule has 7 heteroatoms. The van der Waals surface area contributed by atoms with Gasteiger partial charge in [-0.05, 0) is 37.1 Å². The van der Waals surface area contributed by atoms with E-state index in [-0.39, 0.29) is 10.8 Å². The van der Waals surface area contributed by atoms with Crippen LogP contribution in [0.15, 0.2) is 35.7 Å². The first-order valence-corrected chi connectivity index (χ1v) is 8.69. The fourth-order valence-corrected chi connectivity index (χ4v) is 2.48. The van der Waals surface area contributed by atoms with Crippen LogP contribution in [0.2, 0.25) is 0 Å². The van der Waals surface area contributed by atoms with Gasteiger partial charge in [0.15, 0.2) is 0 Å². The Labute approximate surface area is 129 Å². The molecule has 0 aromatic heterocycles. The van der Waals surface area contributed by atoms with E-state index in [4.69, 9.17) is 15.4 Å². The first-order valence-electron chi connectivity index (χ1n) is 6.38. The monoisotopic (exact) mass is 331 g/mol. The summed E-state index contributed by atoms with van der Waals surface area (Å²) in [5.74, 6) is -0.279. The number of hydrogen-bond donors (Lipinski definition) is 1. The quantitative estimate of drug-likeness (QED) is 0.450. The molecule has 1 rings (SSSR count). The van der Waals surface area contributed by atoms with Crippen LogP contribution < -0.4 is 5.32 Å². The minimum absolute atomic E-state index is 0.0222. The summed E-state index contributed by atoms with van der Waals surface area (Å²) < 4.78 is 27.7. The van der Waals surface area contributed by atoms with Gasteiger partial charge in [0.1, 0.15) is 0 Å². The molecule has 0 spiro atoms. The van der Waals surface area contributed by atoms with Crippen molar-refractivity contribution in [2.75, 3.05) is 19.8 Å². The number of benzene rings is 1. The van der Waals surface area contributed by atoms with Crippen molar-refractivity contribution in [3.8, 4) is 0 Å². The molecular formula is C14H18ClNO4S. The van der Waals surface area contributed by atoms with Crippen molar-refractivity contribution >= 4 is 25.6 Å². The molecule has 5 nitrogen and oxygen atoms in total. The molecule has 116 valence electrons. The van der Waals surface area contributed by atoms with Gasteiger partial charge in [-0.3, -0.25) is 4.79 Å². The molecule has 1 aromatic rings. The van der Waals surface area contributed by atoms with Gasteiger partial charge >= 0.3 is 0 Å². The Kier molecular flexibility index (Phi) is 6.87. The largest absolute Gasteiger partial charge is 0.379 e. The Balaban J connectivity index is 2.57. The Morgan fingerprint density at radius 1 is 1.43 bits per heavy atom. The number of nitrogens with one attached hydrogen (secondary N) is 1. The van der Waals surface area contributed by atoms with Gasteiger partial charge in [-0.2, -0.15) is 0 Å². The molecule has 1 aromatic carbocycles. The molecule has 0 heterocycles. The molecule has 1 amide bonds. The van der Waals surface area contributed by atoms with E-state index in [1.165, 1.54) is 18.2 Å². The normalized spacial score (nSPS) is 11.1. The van der Waals surface area contributed by atoms with Crippen LogP contribution in [-0.4, -0.2) is 34.1 Å². The van der Waals surface area contributed by atoms with Crippen molar-refractivity contribution in [1.29, 1.82) is 0 Å². The minimum Gasteiger partial charge on any atom is -0.379 e. The lowest BCUT2D eigenvalue weighted by atomic mass is 10.1. The third kappa shape index (κ3) is 5.87.